The van der Waals surface area contributed by atoms with Crippen LogP contribution in [0.2, 0.25) is 0 Å². The number of hydrogen-bond donors (Lipinski definition) is 2. The Hall–Kier alpha value is -3.10. The molecule has 2 aromatic heterocycles. The van der Waals surface area contributed by atoms with E-state index in [0.717, 1.165) is 81.4 Å². The predicted molar refractivity (Wildman–Crippen MR) is 149 cm³/mol. The summed E-state index contributed by atoms with van der Waals surface area (Å²) in [5, 5.41) is 5.71. The molecule has 1 aliphatic rings. The van der Waals surface area contributed by atoms with E-state index in [1.807, 2.05) is 6.07 Å². The third-order valence-electron chi connectivity index (χ3n) is 6.62. The van der Waals surface area contributed by atoms with Gasteiger partial charge in [0.2, 0.25) is 5.88 Å². The summed E-state index contributed by atoms with van der Waals surface area (Å²) in [5.41, 5.74) is 9.60. The van der Waals surface area contributed by atoms with Gasteiger partial charge in [0.1, 0.15) is 6.61 Å². The minimum absolute atomic E-state index is 0.599. The molecule has 0 saturated carbocycles. The van der Waals surface area contributed by atoms with Gasteiger partial charge in [-0.15, -0.1) is 0 Å². The van der Waals surface area contributed by atoms with Crippen molar-refractivity contribution in [2.75, 3.05) is 62.9 Å². The van der Waals surface area contributed by atoms with E-state index >= 15 is 0 Å². The number of aromatic amines is 1. The maximum absolute atomic E-state index is 6.12. The zero-order valence-electron chi connectivity index (χ0n) is 22.1. The number of anilines is 2. The number of aromatic nitrogens is 2. The minimum Gasteiger partial charge on any atom is -0.476 e. The monoisotopic (exact) mass is 492 g/mol. The molecule has 3 heterocycles. The molecule has 0 bridgehead atoms. The van der Waals surface area contributed by atoms with Crippen LogP contribution >= 0.6 is 0 Å². The number of morpholine rings is 1. The van der Waals surface area contributed by atoms with Crippen molar-refractivity contribution in [1.82, 2.24) is 14.9 Å². The number of aryl methyl sites for hydroxylation is 2. The van der Waals surface area contributed by atoms with Crippen LogP contribution in [0, 0.1) is 13.8 Å². The Morgan fingerprint density at radius 3 is 2.67 bits per heavy atom. The van der Waals surface area contributed by atoms with Gasteiger partial charge in [0.15, 0.2) is 0 Å². The standard InChI is InChI=1S/C28H40N6O2/c1-5-9-34(10-6-2)25-17-24(31-28(19-25)36-16-13-33-11-14-35-15-12-33)20-29-32-23-7-8-27-26(18-23)21(3)22(4)30-27/h7-8,17-20,30,32H,5-6,9-16H2,1-4H3/b29-20+. The lowest BCUT2D eigenvalue weighted by molar-refractivity contribution is 0.0320. The Balaban J connectivity index is 1.49. The fraction of sp³-hybridized carbons (Fsp3) is 0.500. The van der Waals surface area contributed by atoms with E-state index in [2.05, 4.69) is 77.3 Å². The Morgan fingerprint density at radius 1 is 1.14 bits per heavy atom. The minimum atomic E-state index is 0.599. The fourth-order valence-electron chi connectivity index (χ4n) is 4.55. The molecule has 0 amide bonds. The van der Waals surface area contributed by atoms with E-state index in [1.54, 1.807) is 6.21 Å². The highest BCUT2D eigenvalue weighted by atomic mass is 16.5. The average Bonchev–Trinajstić information content (AvgIpc) is 3.17. The van der Waals surface area contributed by atoms with Crippen LogP contribution in [0.15, 0.2) is 35.4 Å². The summed E-state index contributed by atoms with van der Waals surface area (Å²) in [6.45, 7) is 15.6. The highest BCUT2D eigenvalue weighted by Crippen LogP contribution is 2.25. The molecular formula is C28H40N6O2. The van der Waals surface area contributed by atoms with Crippen molar-refractivity contribution in [3.8, 4) is 5.88 Å². The molecule has 0 aliphatic carbocycles. The van der Waals surface area contributed by atoms with Crippen LogP contribution in [0.1, 0.15) is 43.6 Å². The van der Waals surface area contributed by atoms with Gasteiger partial charge in [0.25, 0.3) is 0 Å². The van der Waals surface area contributed by atoms with Crippen molar-refractivity contribution >= 4 is 28.5 Å². The SMILES string of the molecule is CCCN(CCC)c1cc(/C=N/Nc2ccc3[nH]c(C)c(C)c3c2)nc(OCCN2CCOCC2)c1. The second-order valence-electron chi connectivity index (χ2n) is 9.38. The smallest absolute Gasteiger partial charge is 0.215 e. The quantitative estimate of drug-likeness (QED) is 0.275. The van der Waals surface area contributed by atoms with Gasteiger partial charge in [-0.05, 0) is 56.5 Å². The number of ether oxygens (including phenoxy) is 2. The molecule has 8 heteroatoms. The highest BCUT2D eigenvalue weighted by Gasteiger charge is 2.12. The molecule has 1 aliphatic heterocycles. The van der Waals surface area contributed by atoms with Crippen LogP contribution in [-0.2, 0) is 4.74 Å². The van der Waals surface area contributed by atoms with Gasteiger partial charge in [-0.2, -0.15) is 5.10 Å². The Bertz CT molecular complexity index is 1150. The molecule has 0 unspecified atom stereocenters. The summed E-state index contributed by atoms with van der Waals surface area (Å²) < 4.78 is 11.6. The summed E-state index contributed by atoms with van der Waals surface area (Å²) in [6, 6.07) is 10.4. The van der Waals surface area contributed by atoms with Crippen LogP contribution < -0.4 is 15.1 Å². The first kappa shape index (κ1) is 26.0. The van der Waals surface area contributed by atoms with Crippen molar-refractivity contribution in [2.24, 2.45) is 5.10 Å². The zero-order chi connectivity index (χ0) is 25.3. The predicted octanol–water partition coefficient (Wildman–Crippen LogP) is 4.96. The molecular weight excluding hydrogens is 452 g/mol. The molecule has 1 saturated heterocycles. The lowest BCUT2D eigenvalue weighted by Crippen LogP contribution is -2.38. The second kappa shape index (κ2) is 12.7. The Kier molecular flexibility index (Phi) is 9.19. The van der Waals surface area contributed by atoms with E-state index in [4.69, 9.17) is 14.5 Å². The number of hydrazone groups is 1. The second-order valence-corrected chi connectivity index (χ2v) is 9.38. The first-order valence-corrected chi connectivity index (χ1v) is 13.1. The van der Waals surface area contributed by atoms with Gasteiger partial charge in [-0.1, -0.05) is 13.8 Å². The molecule has 194 valence electrons. The summed E-state index contributed by atoms with van der Waals surface area (Å²) in [6.07, 6.45) is 3.94. The Labute approximate surface area is 214 Å². The molecule has 1 aromatic carbocycles. The van der Waals surface area contributed by atoms with Gasteiger partial charge in [-0.25, -0.2) is 4.98 Å². The van der Waals surface area contributed by atoms with E-state index < -0.39 is 0 Å². The number of nitrogens with one attached hydrogen (secondary N) is 2. The first-order chi connectivity index (χ1) is 17.6. The van der Waals surface area contributed by atoms with Gasteiger partial charge in [0.05, 0.1) is 30.8 Å². The van der Waals surface area contributed by atoms with E-state index in [9.17, 15) is 0 Å². The maximum Gasteiger partial charge on any atom is 0.215 e. The third-order valence-corrected chi connectivity index (χ3v) is 6.62. The number of fused-ring (bicyclic) bond motifs is 1. The van der Waals surface area contributed by atoms with Crippen molar-refractivity contribution in [3.05, 3.63) is 47.3 Å². The lowest BCUT2D eigenvalue weighted by Gasteiger charge is -2.26. The van der Waals surface area contributed by atoms with Crippen LogP contribution in [0.4, 0.5) is 11.4 Å². The van der Waals surface area contributed by atoms with Crippen LogP contribution in [0.25, 0.3) is 10.9 Å². The summed E-state index contributed by atoms with van der Waals surface area (Å²) in [4.78, 5) is 12.9. The molecule has 8 nitrogen and oxygen atoms in total. The topological polar surface area (TPSA) is 78.0 Å². The molecule has 0 radical (unpaired) electrons. The third kappa shape index (κ3) is 6.77. The molecule has 4 rings (SSSR count). The number of nitrogens with zero attached hydrogens (tertiary/aromatic N) is 4. The molecule has 0 spiro atoms. The number of H-pyrrole nitrogens is 1. The van der Waals surface area contributed by atoms with Crippen LogP contribution in [0.5, 0.6) is 5.88 Å². The highest BCUT2D eigenvalue weighted by molar-refractivity contribution is 5.87. The molecule has 2 N–H and O–H groups in total. The molecule has 0 atom stereocenters. The molecule has 36 heavy (non-hydrogen) atoms. The van der Waals surface area contributed by atoms with Gasteiger partial charge in [-0.3, -0.25) is 10.3 Å². The van der Waals surface area contributed by atoms with Crippen LogP contribution in [-0.4, -0.2) is 73.6 Å². The molecule has 1 fully saturated rings. The fourth-order valence-corrected chi connectivity index (χ4v) is 4.55. The number of benzene rings is 1. The molecule has 3 aromatic rings. The van der Waals surface area contributed by atoms with Crippen molar-refractivity contribution in [1.29, 1.82) is 0 Å². The first-order valence-electron chi connectivity index (χ1n) is 13.1. The van der Waals surface area contributed by atoms with Crippen molar-refractivity contribution < 1.29 is 9.47 Å². The van der Waals surface area contributed by atoms with Crippen LogP contribution in [0.3, 0.4) is 0 Å². The number of rotatable bonds is 12. The average molecular weight is 493 g/mol. The summed E-state index contributed by atoms with van der Waals surface area (Å²) in [7, 11) is 0. The zero-order valence-corrected chi connectivity index (χ0v) is 22.1. The van der Waals surface area contributed by atoms with E-state index in [1.165, 1.54) is 16.6 Å². The maximum atomic E-state index is 6.12. The van der Waals surface area contributed by atoms with Gasteiger partial charge in [0, 0.05) is 61.1 Å². The normalized spacial score (nSPS) is 14.6. The van der Waals surface area contributed by atoms with Gasteiger partial charge < -0.3 is 19.4 Å². The number of hydrogen-bond acceptors (Lipinski definition) is 7. The summed E-state index contributed by atoms with van der Waals surface area (Å²) in [5.74, 6) is 0.638. The van der Waals surface area contributed by atoms with Crippen molar-refractivity contribution in [3.63, 3.8) is 0 Å². The van der Waals surface area contributed by atoms with Crippen molar-refractivity contribution in [2.45, 2.75) is 40.5 Å². The number of pyridine rings is 1. The van der Waals surface area contributed by atoms with E-state index in [0.29, 0.717) is 12.5 Å². The van der Waals surface area contributed by atoms with E-state index in [-0.39, 0.29) is 0 Å². The van der Waals surface area contributed by atoms with Gasteiger partial charge >= 0.3 is 0 Å². The Morgan fingerprint density at radius 2 is 1.92 bits per heavy atom. The summed E-state index contributed by atoms with van der Waals surface area (Å²) >= 11 is 0. The lowest BCUT2D eigenvalue weighted by atomic mass is 10.1. The largest absolute Gasteiger partial charge is 0.476 e.